The average molecular weight is 645 g/mol. The number of likely N-dealkylation sites (N-methyl/N-ethyl adjacent to an activating group) is 1. The number of hydrogen-bond acceptors (Lipinski definition) is 14. The Hall–Kier alpha value is -1.54. The number of carbonyl (C=O) groups is 2. The van der Waals surface area contributed by atoms with Crippen LogP contribution in [0.25, 0.3) is 0 Å². The van der Waals surface area contributed by atoms with Crippen LogP contribution in [0.3, 0.4) is 0 Å². The van der Waals surface area contributed by atoms with Crippen molar-refractivity contribution in [2.75, 3.05) is 173 Å². The minimum Gasteiger partial charge on any atom is -0.480 e. The van der Waals surface area contributed by atoms with Crippen molar-refractivity contribution in [2.24, 2.45) is 0 Å². The molecule has 2 N–H and O–H groups in total. The quantitative estimate of drug-likeness (QED) is 0.0783. The van der Waals surface area contributed by atoms with Gasteiger partial charge in [0.15, 0.2) is 0 Å². The van der Waals surface area contributed by atoms with E-state index < -0.39 is 18.5 Å². The number of nitrogens with one attached hydrogen (secondary N) is 1. The summed E-state index contributed by atoms with van der Waals surface area (Å²) in [5.74, 6) is -1.52. The fraction of sp³-hybridized carbons (Fsp3) is 0.929. The Balaban J connectivity index is 3.09. The van der Waals surface area contributed by atoms with Crippen LogP contribution in [0, 0.1) is 0 Å². The summed E-state index contributed by atoms with van der Waals surface area (Å²) in [6.45, 7) is 10.2. The number of rotatable bonds is 37. The summed E-state index contributed by atoms with van der Waals surface area (Å²) in [4.78, 5) is 23.7. The van der Waals surface area contributed by atoms with Gasteiger partial charge in [-0.2, -0.15) is 0 Å². The van der Waals surface area contributed by atoms with Crippen LogP contribution in [0.15, 0.2) is 0 Å². The standard InChI is InChI=1S/C28H56N2O14/c1-30(2)4-6-35-8-10-37-12-14-39-16-18-41-20-22-43-24-23-42-21-19-40-17-15-38-13-11-36-9-7-34-5-3-29-27(31)25-44-26-28(32)33/h3-26H2,1-2H3,(H,29,31)(H,32,33). The summed E-state index contributed by atoms with van der Waals surface area (Å²) < 4.78 is 58.9. The van der Waals surface area contributed by atoms with Crippen molar-refractivity contribution in [3.8, 4) is 0 Å². The maximum Gasteiger partial charge on any atom is 0.329 e. The molecule has 0 aliphatic rings. The monoisotopic (exact) mass is 644 g/mol. The molecule has 0 saturated heterocycles. The van der Waals surface area contributed by atoms with Gasteiger partial charge in [-0.3, -0.25) is 4.79 Å². The molecule has 0 aromatic carbocycles. The zero-order chi connectivity index (χ0) is 32.2. The van der Waals surface area contributed by atoms with Crippen LogP contribution in [0.5, 0.6) is 0 Å². The Labute approximate surface area is 261 Å². The number of hydrogen-bond donors (Lipinski definition) is 2. The molecular formula is C28H56N2O14. The van der Waals surface area contributed by atoms with Crippen LogP contribution in [0.1, 0.15) is 0 Å². The molecule has 0 spiro atoms. The maximum atomic E-state index is 11.3. The van der Waals surface area contributed by atoms with Crippen molar-refractivity contribution in [2.45, 2.75) is 0 Å². The first kappa shape index (κ1) is 42.5. The number of ether oxygens (including phenoxy) is 11. The maximum absolute atomic E-state index is 11.3. The van der Waals surface area contributed by atoms with Crippen LogP contribution in [0.4, 0.5) is 0 Å². The van der Waals surface area contributed by atoms with Gasteiger partial charge >= 0.3 is 5.97 Å². The van der Waals surface area contributed by atoms with Gasteiger partial charge in [0, 0.05) is 13.1 Å². The summed E-state index contributed by atoms with van der Waals surface area (Å²) >= 11 is 0. The molecule has 0 radical (unpaired) electrons. The first-order valence-corrected chi connectivity index (χ1v) is 15.0. The topological polar surface area (TPSA) is 171 Å². The molecular weight excluding hydrogens is 588 g/mol. The van der Waals surface area contributed by atoms with E-state index in [4.69, 9.17) is 52.5 Å². The van der Waals surface area contributed by atoms with Crippen LogP contribution in [-0.4, -0.2) is 194 Å². The minimum atomic E-state index is -1.12. The number of nitrogens with zero attached hydrogens (tertiary/aromatic N) is 1. The summed E-state index contributed by atoms with van der Waals surface area (Å²) in [6.07, 6.45) is 0. The normalized spacial score (nSPS) is 11.4. The lowest BCUT2D eigenvalue weighted by atomic mass is 10.6. The summed E-state index contributed by atoms with van der Waals surface area (Å²) in [5.41, 5.74) is 0. The van der Waals surface area contributed by atoms with Crippen LogP contribution in [0.2, 0.25) is 0 Å². The second-order valence-corrected chi connectivity index (χ2v) is 9.16. The predicted molar refractivity (Wildman–Crippen MR) is 158 cm³/mol. The van der Waals surface area contributed by atoms with Gasteiger partial charge in [0.25, 0.3) is 0 Å². The highest BCUT2D eigenvalue weighted by atomic mass is 16.6. The minimum absolute atomic E-state index is 0.299. The van der Waals surface area contributed by atoms with E-state index in [0.717, 1.165) is 6.54 Å². The van der Waals surface area contributed by atoms with E-state index in [1.807, 2.05) is 14.1 Å². The molecule has 0 aliphatic heterocycles. The molecule has 0 fully saturated rings. The van der Waals surface area contributed by atoms with E-state index in [9.17, 15) is 9.59 Å². The molecule has 44 heavy (non-hydrogen) atoms. The number of amides is 1. The second-order valence-electron chi connectivity index (χ2n) is 9.16. The van der Waals surface area contributed by atoms with Crippen LogP contribution < -0.4 is 5.32 Å². The van der Waals surface area contributed by atoms with Gasteiger partial charge in [-0.15, -0.1) is 0 Å². The van der Waals surface area contributed by atoms with Crippen molar-refractivity contribution < 1.29 is 66.8 Å². The van der Waals surface area contributed by atoms with E-state index >= 15 is 0 Å². The van der Waals surface area contributed by atoms with E-state index in [1.54, 1.807) is 0 Å². The third-order valence-corrected chi connectivity index (χ3v) is 5.06. The van der Waals surface area contributed by atoms with E-state index in [2.05, 4.69) is 15.0 Å². The molecule has 16 heteroatoms. The molecule has 0 unspecified atom stereocenters. The fourth-order valence-corrected chi connectivity index (χ4v) is 2.87. The van der Waals surface area contributed by atoms with Gasteiger partial charge in [0.05, 0.1) is 132 Å². The van der Waals surface area contributed by atoms with Crippen molar-refractivity contribution in [3.63, 3.8) is 0 Å². The number of carboxylic acid groups (broad SMARTS) is 1. The number of carboxylic acids is 1. The van der Waals surface area contributed by atoms with Crippen LogP contribution in [-0.2, 0) is 61.7 Å². The van der Waals surface area contributed by atoms with Crippen molar-refractivity contribution in [1.29, 1.82) is 0 Å². The van der Waals surface area contributed by atoms with Gasteiger partial charge in [0.2, 0.25) is 5.91 Å². The molecule has 0 rings (SSSR count). The molecule has 0 aromatic heterocycles. The largest absolute Gasteiger partial charge is 0.480 e. The van der Waals surface area contributed by atoms with Gasteiger partial charge in [-0.05, 0) is 14.1 Å². The highest BCUT2D eigenvalue weighted by Crippen LogP contribution is 1.87. The molecule has 0 bridgehead atoms. The van der Waals surface area contributed by atoms with Crippen LogP contribution >= 0.6 is 0 Å². The highest BCUT2D eigenvalue weighted by molar-refractivity contribution is 5.77. The molecule has 0 heterocycles. The lowest BCUT2D eigenvalue weighted by molar-refractivity contribution is -0.143. The molecule has 0 saturated carbocycles. The average Bonchev–Trinajstić information content (AvgIpc) is 2.99. The molecule has 16 nitrogen and oxygen atoms in total. The van der Waals surface area contributed by atoms with E-state index in [1.165, 1.54) is 0 Å². The molecule has 1 amide bonds. The zero-order valence-electron chi connectivity index (χ0n) is 26.7. The molecule has 0 aliphatic carbocycles. The van der Waals surface area contributed by atoms with Gasteiger partial charge in [-0.1, -0.05) is 0 Å². The SMILES string of the molecule is CN(C)CCOCCOCCOCCOCCOCCOCCOCCOCCOCCOCCNC(=O)COCC(=O)O. The third-order valence-electron chi connectivity index (χ3n) is 5.06. The highest BCUT2D eigenvalue weighted by Gasteiger charge is 2.03. The Kier molecular flexibility index (Phi) is 34.7. The lowest BCUT2D eigenvalue weighted by Crippen LogP contribution is -2.31. The molecule has 262 valence electrons. The predicted octanol–water partition coefficient (Wildman–Crippen LogP) is -1.07. The zero-order valence-corrected chi connectivity index (χ0v) is 26.7. The Morgan fingerprint density at radius 3 is 1.05 bits per heavy atom. The first-order chi connectivity index (χ1) is 21.5. The first-order valence-electron chi connectivity index (χ1n) is 15.0. The number of aliphatic carboxylic acids is 1. The lowest BCUT2D eigenvalue weighted by Gasteiger charge is -2.10. The molecule has 0 atom stereocenters. The van der Waals surface area contributed by atoms with Gasteiger partial charge in [-0.25, -0.2) is 4.79 Å². The molecule has 0 aromatic rings. The van der Waals surface area contributed by atoms with Gasteiger partial charge < -0.3 is 67.4 Å². The van der Waals surface area contributed by atoms with E-state index in [0.29, 0.717) is 139 Å². The Morgan fingerprint density at radius 1 is 0.455 bits per heavy atom. The Bertz CT molecular complexity index is 619. The summed E-state index contributed by atoms with van der Waals surface area (Å²) in [6, 6.07) is 0. The van der Waals surface area contributed by atoms with E-state index in [-0.39, 0.29) is 6.61 Å². The van der Waals surface area contributed by atoms with Crippen molar-refractivity contribution in [3.05, 3.63) is 0 Å². The fourth-order valence-electron chi connectivity index (χ4n) is 2.87. The second kappa shape index (κ2) is 35.9. The third kappa shape index (κ3) is 38.5. The summed E-state index contributed by atoms with van der Waals surface area (Å²) in [7, 11) is 4.03. The summed E-state index contributed by atoms with van der Waals surface area (Å²) in [5, 5.41) is 11.0. The van der Waals surface area contributed by atoms with Crippen molar-refractivity contribution >= 4 is 11.9 Å². The van der Waals surface area contributed by atoms with Gasteiger partial charge in [0.1, 0.15) is 13.2 Å². The smallest absolute Gasteiger partial charge is 0.329 e. The number of carbonyl (C=O) groups excluding carboxylic acids is 1. The van der Waals surface area contributed by atoms with Crippen molar-refractivity contribution in [1.82, 2.24) is 10.2 Å². The Morgan fingerprint density at radius 2 is 0.750 bits per heavy atom.